The Morgan fingerprint density at radius 1 is 1.39 bits per heavy atom. The zero-order valence-corrected chi connectivity index (χ0v) is 11.4. The second-order valence-corrected chi connectivity index (χ2v) is 4.88. The number of hydrogen-bond acceptors (Lipinski definition) is 3. The number of hydrogen-bond donors (Lipinski definition) is 1. The summed E-state index contributed by atoms with van der Waals surface area (Å²) in [5.74, 6) is -2.10. The standard InChI is InChI=1S/C12H12Cl2O4/c1-12(10(15)16,11(17)18-2)6-7-5-8(13)3-4-9(7)14/h3-5H,6H2,1-2H3,(H,15,16). The molecule has 0 saturated carbocycles. The van der Waals surface area contributed by atoms with Crippen LogP contribution in [0.15, 0.2) is 18.2 Å². The minimum absolute atomic E-state index is 0.0889. The van der Waals surface area contributed by atoms with Crippen molar-refractivity contribution in [2.75, 3.05) is 7.11 Å². The zero-order chi connectivity index (χ0) is 13.9. The summed E-state index contributed by atoms with van der Waals surface area (Å²) in [4.78, 5) is 22.8. The normalized spacial score (nSPS) is 13.8. The molecular formula is C12H12Cl2O4. The smallest absolute Gasteiger partial charge is 0.323 e. The minimum atomic E-state index is -1.69. The van der Waals surface area contributed by atoms with Crippen LogP contribution >= 0.6 is 23.2 Å². The van der Waals surface area contributed by atoms with Crippen molar-refractivity contribution in [1.82, 2.24) is 0 Å². The maximum absolute atomic E-state index is 11.6. The number of aliphatic carboxylic acids is 1. The molecule has 1 aromatic carbocycles. The average Bonchev–Trinajstić information content (AvgIpc) is 2.32. The van der Waals surface area contributed by atoms with Gasteiger partial charge < -0.3 is 9.84 Å². The molecule has 0 spiro atoms. The maximum Gasteiger partial charge on any atom is 0.323 e. The van der Waals surface area contributed by atoms with Crippen LogP contribution in [0.3, 0.4) is 0 Å². The minimum Gasteiger partial charge on any atom is -0.480 e. The molecule has 0 aliphatic heterocycles. The van der Waals surface area contributed by atoms with Gasteiger partial charge in [-0.25, -0.2) is 0 Å². The molecule has 6 heteroatoms. The third-order valence-corrected chi connectivity index (χ3v) is 3.26. The highest BCUT2D eigenvalue weighted by atomic mass is 35.5. The number of halogens is 2. The SMILES string of the molecule is COC(=O)C(C)(Cc1cc(Cl)ccc1Cl)C(=O)O. The van der Waals surface area contributed by atoms with E-state index in [0.29, 0.717) is 15.6 Å². The number of methoxy groups -OCH3 is 1. The summed E-state index contributed by atoms with van der Waals surface area (Å²) in [5.41, 5.74) is -1.21. The Bertz CT molecular complexity index is 487. The van der Waals surface area contributed by atoms with E-state index in [-0.39, 0.29) is 6.42 Å². The van der Waals surface area contributed by atoms with E-state index < -0.39 is 17.4 Å². The third-order valence-electron chi connectivity index (χ3n) is 2.66. The number of esters is 1. The molecule has 1 N–H and O–H groups in total. The molecule has 0 aliphatic carbocycles. The fourth-order valence-electron chi connectivity index (χ4n) is 1.52. The van der Waals surface area contributed by atoms with Gasteiger partial charge in [-0.15, -0.1) is 0 Å². The largest absolute Gasteiger partial charge is 0.480 e. The molecule has 0 fully saturated rings. The Balaban J connectivity index is 3.15. The van der Waals surface area contributed by atoms with Crippen LogP contribution in [-0.4, -0.2) is 24.2 Å². The van der Waals surface area contributed by atoms with Gasteiger partial charge >= 0.3 is 11.9 Å². The van der Waals surface area contributed by atoms with Crippen molar-refractivity contribution in [3.8, 4) is 0 Å². The number of carbonyl (C=O) groups is 2. The summed E-state index contributed by atoms with van der Waals surface area (Å²) >= 11 is 11.8. The van der Waals surface area contributed by atoms with Gasteiger partial charge in [0.15, 0.2) is 5.41 Å². The Hall–Kier alpha value is -1.26. The lowest BCUT2D eigenvalue weighted by atomic mass is 9.83. The van der Waals surface area contributed by atoms with Crippen molar-refractivity contribution >= 4 is 35.1 Å². The van der Waals surface area contributed by atoms with E-state index in [1.165, 1.54) is 13.0 Å². The van der Waals surface area contributed by atoms with Crippen LogP contribution < -0.4 is 0 Å². The van der Waals surface area contributed by atoms with Gasteiger partial charge in [-0.2, -0.15) is 0 Å². The van der Waals surface area contributed by atoms with Crippen LogP contribution in [0.5, 0.6) is 0 Å². The van der Waals surface area contributed by atoms with E-state index in [1.54, 1.807) is 12.1 Å². The van der Waals surface area contributed by atoms with Gasteiger partial charge in [-0.05, 0) is 30.7 Å². The second kappa shape index (κ2) is 5.59. The van der Waals surface area contributed by atoms with Gasteiger partial charge in [-0.1, -0.05) is 23.2 Å². The first-order valence-electron chi connectivity index (χ1n) is 5.07. The van der Waals surface area contributed by atoms with Crippen molar-refractivity contribution in [3.05, 3.63) is 33.8 Å². The molecule has 0 aliphatic rings. The highest BCUT2D eigenvalue weighted by Gasteiger charge is 2.43. The number of carbonyl (C=O) groups excluding carboxylic acids is 1. The molecule has 1 rings (SSSR count). The summed E-state index contributed by atoms with van der Waals surface area (Å²) in [6.45, 7) is 1.29. The second-order valence-electron chi connectivity index (χ2n) is 4.04. The number of carboxylic acid groups (broad SMARTS) is 1. The zero-order valence-electron chi connectivity index (χ0n) is 9.87. The molecule has 0 saturated heterocycles. The van der Waals surface area contributed by atoms with E-state index in [4.69, 9.17) is 23.2 Å². The van der Waals surface area contributed by atoms with Crippen molar-refractivity contribution < 1.29 is 19.4 Å². The van der Waals surface area contributed by atoms with E-state index >= 15 is 0 Å². The topological polar surface area (TPSA) is 63.6 Å². The summed E-state index contributed by atoms with van der Waals surface area (Å²) in [7, 11) is 1.14. The van der Waals surface area contributed by atoms with Gasteiger partial charge in [-0.3, -0.25) is 9.59 Å². The number of rotatable bonds is 4. The van der Waals surface area contributed by atoms with Crippen LogP contribution in [0.25, 0.3) is 0 Å². The first kappa shape index (κ1) is 14.8. The number of benzene rings is 1. The first-order chi connectivity index (χ1) is 8.31. The Labute approximate surface area is 114 Å². The molecule has 0 aromatic heterocycles. The summed E-state index contributed by atoms with van der Waals surface area (Å²) in [6, 6.07) is 4.68. The Morgan fingerprint density at radius 3 is 2.50 bits per heavy atom. The molecule has 0 heterocycles. The van der Waals surface area contributed by atoms with Crippen LogP contribution in [0.4, 0.5) is 0 Å². The predicted octanol–water partition coefficient (Wildman–Crippen LogP) is 2.80. The first-order valence-corrected chi connectivity index (χ1v) is 5.82. The third kappa shape index (κ3) is 2.94. The van der Waals surface area contributed by atoms with E-state index in [2.05, 4.69) is 4.74 Å². The van der Waals surface area contributed by atoms with Gasteiger partial charge in [0.1, 0.15) is 0 Å². The molecule has 0 amide bonds. The summed E-state index contributed by atoms with van der Waals surface area (Å²) in [6.07, 6.45) is -0.0889. The molecule has 1 aromatic rings. The van der Waals surface area contributed by atoms with Crippen molar-refractivity contribution in [1.29, 1.82) is 0 Å². The molecule has 0 radical (unpaired) electrons. The molecule has 18 heavy (non-hydrogen) atoms. The quantitative estimate of drug-likeness (QED) is 0.684. The van der Waals surface area contributed by atoms with Crippen molar-refractivity contribution in [2.24, 2.45) is 5.41 Å². The van der Waals surface area contributed by atoms with Gasteiger partial charge in [0.25, 0.3) is 0 Å². The lowest BCUT2D eigenvalue weighted by Gasteiger charge is -2.22. The molecule has 0 bridgehead atoms. The van der Waals surface area contributed by atoms with Crippen molar-refractivity contribution in [2.45, 2.75) is 13.3 Å². The van der Waals surface area contributed by atoms with E-state index in [9.17, 15) is 14.7 Å². The Kier molecular flexibility index (Phi) is 4.59. The van der Waals surface area contributed by atoms with Crippen LogP contribution in [0.1, 0.15) is 12.5 Å². The molecule has 1 atom stereocenters. The lowest BCUT2D eigenvalue weighted by Crippen LogP contribution is -2.39. The van der Waals surface area contributed by atoms with Gasteiger partial charge in [0.2, 0.25) is 0 Å². The van der Waals surface area contributed by atoms with E-state index in [0.717, 1.165) is 7.11 Å². The van der Waals surface area contributed by atoms with Gasteiger partial charge in [0.05, 0.1) is 7.11 Å². The summed E-state index contributed by atoms with van der Waals surface area (Å²) < 4.78 is 4.52. The van der Waals surface area contributed by atoms with Gasteiger partial charge in [0, 0.05) is 16.5 Å². The predicted molar refractivity (Wildman–Crippen MR) is 67.9 cm³/mol. The number of ether oxygens (including phenoxy) is 1. The van der Waals surface area contributed by atoms with E-state index in [1.807, 2.05) is 0 Å². The fraction of sp³-hybridized carbons (Fsp3) is 0.333. The summed E-state index contributed by atoms with van der Waals surface area (Å²) in [5, 5.41) is 9.96. The molecule has 1 unspecified atom stereocenters. The van der Waals surface area contributed by atoms with Crippen molar-refractivity contribution in [3.63, 3.8) is 0 Å². The highest BCUT2D eigenvalue weighted by Crippen LogP contribution is 2.30. The highest BCUT2D eigenvalue weighted by molar-refractivity contribution is 6.33. The maximum atomic E-state index is 11.6. The molecule has 4 nitrogen and oxygen atoms in total. The fourth-order valence-corrected chi connectivity index (χ4v) is 1.90. The molecular weight excluding hydrogens is 279 g/mol. The Morgan fingerprint density at radius 2 is 2.00 bits per heavy atom. The monoisotopic (exact) mass is 290 g/mol. The lowest BCUT2D eigenvalue weighted by molar-refractivity contribution is -0.165. The van der Waals surface area contributed by atoms with Crippen LogP contribution in [0.2, 0.25) is 10.0 Å². The van der Waals surface area contributed by atoms with Crippen LogP contribution in [-0.2, 0) is 20.7 Å². The average molecular weight is 291 g/mol. The van der Waals surface area contributed by atoms with Crippen LogP contribution in [0, 0.1) is 5.41 Å². The number of carboxylic acids is 1. The molecule has 98 valence electrons.